The van der Waals surface area contributed by atoms with E-state index in [9.17, 15) is 4.79 Å². The van der Waals surface area contributed by atoms with Crippen LogP contribution >= 0.6 is 15.9 Å². The van der Waals surface area contributed by atoms with Crippen LogP contribution in [0.3, 0.4) is 0 Å². The van der Waals surface area contributed by atoms with Crippen LogP contribution in [0.2, 0.25) is 0 Å². The number of carbonyl (C=O) groups excluding carboxylic acids is 1. The van der Waals surface area contributed by atoms with E-state index in [2.05, 4.69) is 21.2 Å². The van der Waals surface area contributed by atoms with Gasteiger partial charge in [-0.3, -0.25) is 0 Å². The molecule has 0 aromatic heterocycles. The fourth-order valence-electron chi connectivity index (χ4n) is 1.60. The lowest BCUT2D eigenvalue weighted by molar-refractivity contribution is 0.0180. The first-order chi connectivity index (χ1) is 11.3. The molecule has 1 amide bonds. The van der Waals surface area contributed by atoms with Crippen LogP contribution in [-0.2, 0) is 25.6 Å². The molecular formula is C16H24BrNO5. The van der Waals surface area contributed by atoms with Crippen LogP contribution in [0, 0.1) is 0 Å². The summed E-state index contributed by atoms with van der Waals surface area (Å²) in [6.45, 7) is 3.91. The quantitative estimate of drug-likeness (QED) is 0.414. The van der Waals surface area contributed by atoms with Crippen LogP contribution in [0.5, 0.6) is 0 Å². The first-order valence-electron chi connectivity index (χ1n) is 7.56. The summed E-state index contributed by atoms with van der Waals surface area (Å²) in [6, 6.07) is 9.53. The molecule has 6 nitrogen and oxygen atoms in total. The van der Waals surface area contributed by atoms with Crippen molar-refractivity contribution in [2.45, 2.75) is 6.61 Å². The maximum Gasteiger partial charge on any atom is 0.407 e. The van der Waals surface area contributed by atoms with Crippen LogP contribution < -0.4 is 5.32 Å². The normalized spacial score (nSPS) is 10.5. The van der Waals surface area contributed by atoms with Crippen molar-refractivity contribution in [2.24, 2.45) is 0 Å². The highest BCUT2D eigenvalue weighted by atomic mass is 79.9. The third-order valence-corrected chi connectivity index (χ3v) is 3.02. The molecule has 0 radical (unpaired) electrons. The van der Waals surface area contributed by atoms with Crippen molar-refractivity contribution in [3.63, 3.8) is 0 Å². The average Bonchev–Trinajstić information content (AvgIpc) is 2.59. The summed E-state index contributed by atoms with van der Waals surface area (Å²) in [5, 5.41) is 3.46. The zero-order chi connectivity index (χ0) is 16.6. The molecule has 1 N–H and O–H groups in total. The van der Waals surface area contributed by atoms with Gasteiger partial charge in [-0.1, -0.05) is 46.3 Å². The van der Waals surface area contributed by atoms with Gasteiger partial charge < -0.3 is 24.3 Å². The van der Waals surface area contributed by atoms with Gasteiger partial charge in [-0.05, 0) is 5.56 Å². The van der Waals surface area contributed by atoms with Crippen LogP contribution in [0.25, 0.3) is 0 Å². The van der Waals surface area contributed by atoms with E-state index in [1.165, 1.54) is 0 Å². The second kappa shape index (κ2) is 14.4. The summed E-state index contributed by atoms with van der Waals surface area (Å²) in [4.78, 5) is 11.4. The number of benzene rings is 1. The van der Waals surface area contributed by atoms with E-state index in [1.807, 2.05) is 30.3 Å². The van der Waals surface area contributed by atoms with Crippen molar-refractivity contribution in [2.75, 3.05) is 51.5 Å². The predicted octanol–water partition coefficient (Wildman–Crippen LogP) is 2.36. The van der Waals surface area contributed by atoms with Crippen LogP contribution in [0.4, 0.5) is 4.79 Å². The number of carbonyl (C=O) groups is 1. The van der Waals surface area contributed by atoms with Crippen molar-refractivity contribution >= 4 is 22.0 Å². The van der Waals surface area contributed by atoms with Crippen LogP contribution in [0.1, 0.15) is 5.56 Å². The molecule has 1 rings (SSSR count). The summed E-state index contributed by atoms with van der Waals surface area (Å²) in [7, 11) is 0. The van der Waals surface area contributed by atoms with Gasteiger partial charge in [-0.25, -0.2) is 4.79 Å². The number of ether oxygens (including phenoxy) is 4. The minimum absolute atomic E-state index is 0.262. The molecule has 0 aliphatic rings. The van der Waals surface area contributed by atoms with Gasteiger partial charge in [-0.2, -0.15) is 0 Å². The molecule has 130 valence electrons. The largest absolute Gasteiger partial charge is 0.445 e. The fourth-order valence-corrected chi connectivity index (χ4v) is 1.82. The molecule has 7 heteroatoms. The Balaban J connectivity index is 1.84. The Kier molecular flexibility index (Phi) is 12.5. The number of hydrogen-bond donors (Lipinski definition) is 1. The van der Waals surface area contributed by atoms with Gasteiger partial charge in [0.05, 0.1) is 39.6 Å². The summed E-state index contributed by atoms with van der Waals surface area (Å²) in [6.07, 6.45) is -0.447. The second-order valence-electron chi connectivity index (χ2n) is 4.51. The fraction of sp³-hybridized carbons (Fsp3) is 0.562. The molecule has 0 bridgehead atoms. The minimum atomic E-state index is -0.447. The Morgan fingerprint density at radius 1 is 0.913 bits per heavy atom. The molecule has 0 aliphatic carbocycles. The van der Waals surface area contributed by atoms with E-state index in [4.69, 9.17) is 18.9 Å². The Labute approximate surface area is 145 Å². The second-order valence-corrected chi connectivity index (χ2v) is 5.31. The zero-order valence-electron chi connectivity index (χ0n) is 13.2. The molecule has 0 unspecified atom stereocenters. The Morgan fingerprint density at radius 3 is 2.17 bits per heavy atom. The molecule has 1 aromatic rings. The van der Waals surface area contributed by atoms with Gasteiger partial charge in [0, 0.05) is 11.9 Å². The number of hydrogen-bond acceptors (Lipinski definition) is 5. The van der Waals surface area contributed by atoms with Crippen molar-refractivity contribution < 1.29 is 23.7 Å². The third kappa shape index (κ3) is 12.0. The van der Waals surface area contributed by atoms with Gasteiger partial charge in [0.2, 0.25) is 0 Å². The summed E-state index contributed by atoms with van der Waals surface area (Å²) in [5.41, 5.74) is 0.955. The lowest BCUT2D eigenvalue weighted by Gasteiger charge is -2.08. The van der Waals surface area contributed by atoms with Gasteiger partial charge in [0.25, 0.3) is 0 Å². The van der Waals surface area contributed by atoms with Crippen molar-refractivity contribution in [3.05, 3.63) is 35.9 Å². The lowest BCUT2D eigenvalue weighted by atomic mass is 10.2. The maximum atomic E-state index is 11.4. The standard InChI is InChI=1S/C16H24BrNO5/c17-6-8-20-10-12-22-13-11-21-9-7-18-16(19)23-14-15-4-2-1-3-5-15/h1-5H,6-14H2,(H,18,19). The number of alkyl carbamates (subject to hydrolysis) is 1. The third-order valence-electron chi connectivity index (χ3n) is 2.69. The Hall–Kier alpha value is -1.15. The van der Waals surface area contributed by atoms with E-state index in [0.717, 1.165) is 10.9 Å². The number of alkyl halides is 1. The molecule has 0 saturated carbocycles. The molecule has 0 fully saturated rings. The number of nitrogens with one attached hydrogen (secondary N) is 1. The number of amides is 1. The molecule has 23 heavy (non-hydrogen) atoms. The van der Waals surface area contributed by atoms with E-state index in [0.29, 0.717) is 46.2 Å². The Bertz CT molecular complexity index is 405. The molecule has 1 aromatic carbocycles. The smallest absolute Gasteiger partial charge is 0.407 e. The van der Waals surface area contributed by atoms with Gasteiger partial charge >= 0.3 is 6.09 Å². The van der Waals surface area contributed by atoms with Crippen LogP contribution in [0.15, 0.2) is 30.3 Å². The molecule has 0 aliphatic heterocycles. The van der Waals surface area contributed by atoms with Crippen molar-refractivity contribution in [1.29, 1.82) is 0 Å². The summed E-state index contributed by atoms with van der Waals surface area (Å²) in [5.74, 6) is 0. The summed E-state index contributed by atoms with van der Waals surface area (Å²) >= 11 is 3.27. The van der Waals surface area contributed by atoms with Gasteiger partial charge in [-0.15, -0.1) is 0 Å². The van der Waals surface area contributed by atoms with Gasteiger partial charge in [0.15, 0.2) is 0 Å². The maximum absolute atomic E-state index is 11.4. The molecule has 0 spiro atoms. The minimum Gasteiger partial charge on any atom is -0.445 e. The molecule has 0 saturated heterocycles. The molecular weight excluding hydrogens is 366 g/mol. The van der Waals surface area contributed by atoms with E-state index >= 15 is 0 Å². The van der Waals surface area contributed by atoms with Crippen molar-refractivity contribution in [1.82, 2.24) is 5.32 Å². The number of rotatable bonds is 13. The SMILES string of the molecule is O=C(NCCOCCOCCOCCBr)OCc1ccccc1. The number of halogens is 1. The van der Waals surface area contributed by atoms with E-state index in [-0.39, 0.29) is 6.61 Å². The highest BCUT2D eigenvalue weighted by molar-refractivity contribution is 9.09. The van der Waals surface area contributed by atoms with Gasteiger partial charge in [0.1, 0.15) is 6.61 Å². The Morgan fingerprint density at radius 2 is 1.52 bits per heavy atom. The monoisotopic (exact) mass is 389 g/mol. The summed E-state index contributed by atoms with van der Waals surface area (Å²) < 4.78 is 21.0. The highest BCUT2D eigenvalue weighted by Gasteiger charge is 2.01. The first-order valence-corrected chi connectivity index (χ1v) is 8.69. The topological polar surface area (TPSA) is 66.0 Å². The van der Waals surface area contributed by atoms with E-state index in [1.54, 1.807) is 0 Å². The van der Waals surface area contributed by atoms with Crippen molar-refractivity contribution in [3.8, 4) is 0 Å². The molecule has 0 atom stereocenters. The predicted molar refractivity (Wildman–Crippen MR) is 90.9 cm³/mol. The van der Waals surface area contributed by atoms with Crippen LogP contribution in [-0.4, -0.2) is 57.6 Å². The highest BCUT2D eigenvalue weighted by Crippen LogP contribution is 2.00. The average molecular weight is 390 g/mol. The lowest BCUT2D eigenvalue weighted by Crippen LogP contribution is -2.28. The molecule has 0 heterocycles. The zero-order valence-corrected chi connectivity index (χ0v) is 14.8. The van der Waals surface area contributed by atoms with E-state index < -0.39 is 6.09 Å². The first kappa shape index (κ1) is 19.9.